The molecule has 0 spiro atoms. The molecule has 0 aliphatic rings. The van der Waals surface area contributed by atoms with Gasteiger partial charge in [-0.05, 0) is 39.7 Å². The summed E-state index contributed by atoms with van der Waals surface area (Å²) < 4.78 is 14.4. The molecule has 2 aromatic rings. The van der Waals surface area contributed by atoms with E-state index >= 15 is 0 Å². The predicted octanol–water partition coefficient (Wildman–Crippen LogP) is 3.70. The van der Waals surface area contributed by atoms with E-state index in [1.54, 1.807) is 18.2 Å². The summed E-state index contributed by atoms with van der Waals surface area (Å²) in [5.41, 5.74) is 8.61. The third-order valence-corrected chi connectivity index (χ3v) is 3.70. The topological polar surface area (TPSA) is 29.3 Å². The van der Waals surface area contributed by atoms with Crippen LogP contribution >= 0.6 is 15.9 Å². The van der Waals surface area contributed by atoms with Crippen molar-refractivity contribution in [2.75, 3.05) is 19.0 Å². The number of hydrogen-bond donors (Lipinski definition) is 1. The minimum atomic E-state index is -0.464. The summed E-state index contributed by atoms with van der Waals surface area (Å²) in [6, 6.07) is 12.5. The average Bonchev–Trinajstić information content (AvgIpc) is 2.41. The Bertz CT molecular complexity index is 567. The highest BCUT2D eigenvalue weighted by molar-refractivity contribution is 9.10. The second kappa shape index (κ2) is 5.72. The van der Waals surface area contributed by atoms with Gasteiger partial charge in [0.05, 0.1) is 10.5 Å². The lowest BCUT2D eigenvalue weighted by Gasteiger charge is -2.17. The summed E-state index contributed by atoms with van der Waals surface area (Å²) in [7, 11) is 3.95. The van der Waals surface area contributed by atoms with Crippen LogP contribution in [0.2, 0.25) is 0 Å². The minimum absolute atomic E-state index is 0.299. The van der Waals surface area contributed by atoms with Gasteiger partial charge in [-0.25, -0.2) is 4.39 Å². The SMILES string of the molecule is CN(C)c1ccc(C(N)c2cccc(Br)c2F)cc1. The molecule has 0 saturated heterocycles. The smallest absolute Gasteiger partial charge is 0.142 e. The highest BCUT2D eigenvalue weighted by Crippen LogP contribution is 2.27. The highest BCUT2D eigenvalue weighted by Gasteiger charge is 2.15. The Morgan fingerprint density at radius 2 is 1.74 bits per heavy atom. The Balaban J connectivity index is 2.33. The maximum Gasteiger partial charge on any atom is 0.142 e. The van der Waals surface area contributed by atoms with Crippen LogP contribution in [0.15, 0.2) is 46.9 Å². The molecule has 100 valence electrons. The zero-order chi connectivity index (χ0) is 14.0. The van der Waals surface area contributed by atoms with Gasteiger partial charge in [0.15, 0.2) is 0 Å². The Kier molecular flexibility index (Phi) is 4.22. The lowest BCUT2D eigenvalue weighted by atomic mass is 9.99. The van der Waals surface area contributed by atoms with Crippen molar-refractivity contribution in [2.24, 2.45) is 5.73 Å². The highest BCUT2D eigenvalue weighted by atomic mass is 79.9. The van der Waals surface area contributed by atoms with Crippen LogP contribution in [-0.2, 0) is 0 Å². The molecule has 2 aromatic carbocycles. The van der Waals surface area contributed by atoms with Crippen molar-refractivity contribution >= 4 is 21.6 Å². The Morgan fingerprint density at radius 3 is 2.32 bits per heavy atom. The summed E-state index contributed by atoms with van der Waals surface area (Å²) in [5.74, 6) is -0.299. The van der Waals surface area contributed by atoms with Gasteiger partial charge in [-0.3, -0.25) is 0 Å². The first kappa shape index (κ1) is 14.0. The molecular weight excluding hydrogens is 307 g/mol. The van der Waals surface area contributed by atoms with E-state index in [1.807, 2.05) is 43.3 Å². The van der Waals surface area contributed by atoms with Gasteiger partial charge in [0.2, 0.25) is 0 Å². The predicted molar refractivity (Wildman–Crippen MR) is 80.9 cm³/mol. The van der Waals surface area contributed by atoms with Crippen LogP contribution in [0, 0.1) is 5.82 Å². The fraction of sp³-hybridized carbons (Fsp3) is 0.200. The van der Waals surface area contributed by atoms with E-state index < -0.39 is 6.04 Å². The number of rotatable bonds is 3. The van der Waals surface area contributed by atoms with Crippen molar-refractivity contribution < 1.29 is 4.39 Å². The third-order valence-electron chi connectivity index (χ3n) is 3.09. The Morgan fingerprint density at radius 1 is 1.11 bits per heavy atom. The molecule has 0 amide bonds. The lowest BCUT2D eigenvalue weighted by Crippen LogP contribution is -2.14. The first-order chi connectivity index (χ1) is 9.00. The maximum absolute atomic E-state index is 14.0. The van der Waals surface area contributed by atoms with Crippen LogP contribution in [0.25, 0.3) is 0 Å². The molecule has 0 saturated carbocycles. The van der Waals surface area contributed by atoms with Gasteiger partial charge < -0.3 is 10.6 Å². The zero-order valence-corrected chi connectivity index (χ0v) is 12.5. The van der Waals surface area contributed by atoms with Crippen LogP contribution in [0.5, 0.6) is 0 Å². The number of halogens is 2. The molecule has 0 bridgehead atoms. The summed E-state index contributed by atoms with van der Waals surface area (Å²) in [6.07, 6.45) is 0. The number of nitrogens with zero attached hydrogens (tertiary/aromatic N) is 1. The molecule has 0 aromatic heterocycles. The fourth-order valence-electron chi connectivity index (χ4n) is 1.92. The Labute approximate surface area is 121 Å². The monoisotopic (exact) mass is 322 g/mol. The second-order valence-corrected chi connectivity index (χ2v) is 5.46. The first-order valence-corrected chi connectivity index (χ1v) is 6.77. The third kappa shape index (κ3) is 2.96. The van der Waals surface area contributed by atoms with Crippen molar-refractivity contribution in [1.82, 2.24) is 0 Å². The largest absolute Gasteiger partial charge is 0.378 e. The molecule has 2 N–H and O–H groups in total. The average molecular weight is 323 g/mol. The molecule has 0 aliphatic heterocycles. The van der Waals surface area contributed by atoms with Crippen LogP contribution < -0.4 is 10.6 Å². The maximum atomic E-state index is 14.0. The summed E-state index contributed by atoms with van der Waals surface area (Å²) in [5, 5.41) is 0. The standard InChI is InChI=1S/C15H16BrFN2/c1-19(2)11-8-6-10(7-9-11)15(18)12-4-3-5-13(16)14(12)17/h3-9,15H,18H2,1-2H3. The van der Waals surface area contributed by atoms with Gasteiger partial charge in [-0.2, -0.15) is 0 Å². The van der Waals surface area contributed by atoms with E-state index in [0.29, 0.717) is 10.0 Å². The van der Waals surface area contributed by atoms with Gasteiger partial charge in [-0.1, -0.05) is 24.3 Å². The van der Waals surface area contributed by atoms with Gasteiger partial charge in [0, 0.05) is 25.3 Å². The lowest BCUT2D eigenvalue weighted by molar-refractivity contribution is 0.593. The van der Waals surface area contributed by atoms with Gasteiger partial charge in [0.1, 0.15) is 5.82 Å². The van der Waals surface area contributed by atoms with Crippen LogP contribution in [0.3, 0.4) is 0 Å². The van der Waals surface area contributed by atoms with Crippen molar-refractivity contribution in [2.45, 2.75) is 6.04 Å². The zero-order valence-electron chi connectivity index (χ0n) is 10.9. The molecule has 0 radical (unpaired) electrons. The number of hydrogen-bond acceptors (Lipinski definition) is 2. The van der Waals surface area contributed by atoms with Crippen molar-refractivity contribution in [3.05, 3.63) is 63.9 Å². The van der Waals surface area contributed by atoms with Gasteiger partial charge in [0.25, 0.3) is 0 Å². The molecule has 0 fully saturated rings. The molecule has 0 aliphatic carbocycles. The van der Waals surface area contributed by atoms with Crippen molar-refractivity contribution in [1.29, 1.82) is 0 Å². The molecule has 2 nitrogen and oxygen atoms in total. The summed E-state index contributed by atoms with van der Waals surface area (Å²) in [4.78, 5) is 2.01. The molecule has 0 heterocycles. The number of nitrogens with two attached hydrogens (primary N) is 1. The second-order valence-electron chi connectivity index (χ2n) is 4.61. The Hall–Kier alpha value is -1.39. The first-order valence-electron chi connectivity index (χ1n) is 5.97. The molecular formula is C15H16BrFN2. The fourth-order valence-corrected chi connectivity index (χ4v) is 2.30. The van der Waals surface area contributed by atoms with E-state index in [0.717, 1.165) is 11.3 Å². The van der Waals surface area contributed by atoms with Crippen LogP contribution in [-0.4, -0.2) is 14.1 Å². The number of anilines is 1. The van der Waals surface area contributed by atoms with E-state index in [-0.39, 0.29) is 5.82 Å². The molecule has 1 atom stereocenters. The van der Waals surface area contributed by atoms with Crippen molar-refractivity contribution in [3.63, 3.8) is 0 Å². The van der Waals surface area contributed by atoms with Gasteiger partial charge in [-0.15, -0.1) is 0 Å². The molecule has 19 heavy (non-hydrogen) atoms. The van der Waals surface area contributed by atoms with E-state index in [9.17, 15) is 4.39 Å². The summed E-state index contributed by atoms with van der Waals surface area (Å²) >= 11 is 3.18. The van der Waals surface area contributed by atoms with Crippen LogP contribution in [0.1, 0.15) is 17.2 Å². The normalized spacial score (nSPS) is 12.3. The minimum Gasteiger partial charge on any atom is -0.378 e. The van der Waals surface area contributed by atoms with E-state index in [4.69, 9.17) is 5.73 Å². The van der Waals surface area contributed by atoms with E-state index in [2.05, 4.69) is 15.9 Å². The van der Waals surface area contributed by atoms with Crippen LogP contribution in [0.4, 0.5) is 10.1 Å². The molecule has 1 unspecified atom stereocenters. The van der Waals surface area contributed by atoms with Crippen molar-refractivity contribution in [3.8, 4) is 0 Å². The molecule has 4 heteroatoms. The quantitative estimate of drug-likeness (QED) is 0.933. The number of benzene rings is 2. The summed E-state index contributed by atoms with van der Waals surface area (Å²) in [6.45, 7) is 0. The van der Waals surface area contributed by atoms with E-state index in [1.165, 1.54) is 0 Å². The molecule has 2 rings (SSSR count). The van der Waals surface area contributed by atoms with Gasteiger partial charge >= 0.3 is 0 Å².